The van der Waals surface area contributed by atoms with Crippen molar-refractivity contribution in [1.82, 2.24) is 24.8 Å². The lowest BCUT2D eigenvalue weighted by atomic mass is 10.1. The first-order valence-electron chi connectivity index (χ1n) is 11.7. The maximum Gasteiger partial charge on any atom is 0.417 e. The zero-order valence-electron chi connectivity index (χ0n) is 20.2. The fourth-order valence-corrected chi connectivity index (χ4v) is 4.37. The molecule has 0 bridgehead atoms. The van der Waals surface area contributed by atoms with Crippen LogP contribution in [0.1, 0.15) is 30.5 Å². The third-order valence-electron chi connectivity index (χ3n) is 6.38. The molecule has 4 aromatic rings. The normalized spacial score (nSPS) is 17.0. The minimum absolute atomic E-state index is 0.121. The Morgan fingerprint density at radius 1 is 1.22 bits per heavy atom. The van der Waals surface area contributed by atoms with Gasteiger partial charge in [0.2, 0.25) is 11.6 Å². The zero-order chi connectivity index (χ0) is 26.2. The number of nitrogens with one attached hydrogen (secondary N) is 2. The average molecular weight is 508 g/mol. The number of benzene rings is 1. The van der Waals surface area contributed by atoms with E-state index in [2.05, 4.69) is 42.0 Å². The number of anilines is 1. The molecule has 11 heteroatoms. The molecule has 2 atom stereocenters. The van der Waals surface area contributed by atoms with Gasteiger partial charge in [-0.25, -0.2) is 19.8 Å². The van der Waals surface area contributed by atoms with Gasteiger partial charge in [0.1, 0.15) is 17.5 Å². The third kappa shape index (κ3) is 5.20. The molecule has 1 fully saturated rings. The molecular formula is C26H24F3N7O. The van der Waals surface area contributed by atoms with Gasteiger partial charge < -0.3 is 19.9 Å². The second-order valence-corrected chi connectivity index (χ2v) is 9.09. The van der Waals surface area contributed by atoms with Gasteiger partial charge >= 0.3 is 6.18 Å². The lowest BCUT2D eigenvalue weighted by Gasteiger charge is -2.17. The molecule has 1 saturated heterocycles. The molecule has 8 nitrogen and oxygen atoms in total. The van der Waals surface area contributed by atoms with E-state index < -0.39 is 11.7 Å². The number of likely N-dealkylation sites (N-methyl/N-ethyl adjacent to an activating group) is 1. The van der Waals surface area contributed by atoms with Gasteiger partial charge in [-0.05, 0) is 44.2 Å². The molecule has 0 saturated carbocycles. The van der Waals surface area contributed by atoms with Gasteiger partial charge in [-0.3, -0.25) is 0 Å². The summed E-state index contributed by atoms with van der Waals surface area (Å²) in [5.41, 5.74) is 1.05. The lowest BCUT2D eigenvalue weighted by Crippen LogP contribution is -2.21. The highest BCUT2D eigenvalue weighted by molar-refractivity contribution is 5.96. The molecule has 1 aliphatic heterocycles. The van der Waals surface area contributed by atoms with Gasteiger partial charge in [0.15, 0.2) is 0 Å². The van der Waals surface area contributed by atoms with E-state index in [-0.39, 0.29) is 40.5 Å². The van der Waals surface area contributed by atoms with Crippen molar-refractivity contribution in [3.05, 3.63) is 71.5 Å². The second kappa shape index (κ2) is 9.71. The zero-order valence-corrected chi connectivity index (χ0v) is 20.2. The molecule has 3 aromatic heterocycles. The summed E-state index contributed by atoms with van der Waals surface area (Å²) in [5, 5.41) is 3.44. The molecule has 2 N–H and O–H groups in total. The maximum atomic E-state index is 13.3. The number of H-pyrrole nitrogens is 1. The summed E-state index contributed by atoms with van der Waals surface area (Å²) < 4.78 is 45.9. The smallest absolute Gasteiger partial charge is 0.417 e. The molecule has 190 valence electrons. The van der Waals surface area contributed by atoms with E-state index in [1.54, 1.807) is 0 Å². The fourth-order valence-electron chi connectivity index (χ4n) is 4.37. The Morgan fingerprint density at radius 2 is 2.00 bits per heavy atom. The van der Waals surface area contributed by atoms with E-state index in [0.29, 0.717) is 5.56 Å². The lowest BCUT2D eigenvalue weighted by molar-refractivity contribution is -0.137. The number of aromatic amines is 1. The standard InChI is InChI=1S/C26H24F3N7O/c1-15(16-4-6-18(7-5-16)37-19-8-9-36(3)14-19)34-25-33-13-22(30-2)23(35-25)21-12-32-24-20(21)10-17(11-31-24)26(27,28)29/h4-7,10-13,15,19H,8-9,14H2,1,3H3,(H,31,32)(H,33,34,35)/t15-,19-/m0/s1. The first kappa shape index (κ1) is 24.5. The van der Waals surface area contributed by atoms with Crippen LogP contribution in [0.15, 0.2) is 48.9 Å². The van der Waals surface area contributed by atoms with Crippen LogP contribution >= 0.6 is 0 Å². The summed E-state index contributed by atoms with van der Waals surface area (Å²) in [7, 11) is 2.08. The van der Waals surface area contributed by atoms with Crippen molar-refractivity contribution in [2.75, 3.05) is 25.5 Å². The van der Waals surface area contributed by atoms with Crippen molar-refractivity contribution < 1.29 is 17.9 Å². The molecule has 5 rings (SSSR count). The average Bonchev–Trinajstić information content (AvgIpc) is 3.49. The van der Waals surface area contributed by atoms with Gasteiger partial charge in [0.25, 0.3) is 0 Å². The van der Waals surface area contributed by atoms with Gasteiger partial charge in [0.05, 0.1) is 23.9 Å². The number of pyridine rings is 1. The number of fused-ring (bicyclic) bond motifs is 1. The van der Waals surface area contributed by atoms with Gasteiger partial charge in [-0.2, -0.15) is 13.2 Å². The summed E-state index contributed by atoms with van der Waals surface area (Å²) in [6.07, 6.45) is 0.282. The van der Waals surface area contributed by atoms with Crippen LogP contribution in [0.3, 0.4) is 0 Å². The Hall–Kier alpha value is -4.17. The Kier molecular flexibility index (Phi) is 6.43. The van der Waals surface area contributed by atoms with E-state index >= 15 is 0 Å². The van der Waals surface area contributed by atoms with Crippen molar-refractivity contribution >= 4 is 22.7 Å². The molecule has 37 heavy (non-hydrogen) atoms. The molecule has 1 aromatic carbocycles. The van der Waals surface area contributed by atoms with E-state index in [1.165, 1.54) is 12.4 Å². The van der Waals surface area contributed by atoms with Crippen LogP contribution in [0, 0.1) is 6.57 Å². The van der Waals surface area contributed by atoms with Crippen molar-refractivity contribution in [2.45, 2.75) is 31.7 Å². The number of halogens is 3. The highest BCUT2D eigenvalue weighted by atomic mass is 19.4. The van der Waals surface area contributed by atoms with Gasteiger partial charge in [0, 0.05) is 42.6 Å². The molecule has 1 aliphatic rings. The summed E-state index contributed by atoms with van der Waals surface area (Å²) in [4.78, 5) is 21.2. The summed E-state index contributed by atoms with van der Waals surface area (Å²) >= 11 is 0. The SMILES string of the molecule is [C-]#[N+]c1cnc(N[C@@H](C)c2ccc(O[C@H]3CCN(C)C3)cc2)nc1-c1c[nH]c2ncc(C(F)(F)F)cc12. The summed E-state index contributed by atoms with van der Waals surface area (Å²) in [6, 6.07) is 8.61. The van der Waals surface area contributed by atoms with Gasteiger partial charge in [-0.15, -0.1) is 0 Å². The fraction of sp³-hybridized carbons (Fsp3) is 0.308. The first-order valence-corrected chi connectivity index (χ1v) is 11.7. The summed E-state index contributed by atoms with van der Waals surface area (Å²) in [6.45, 7) is 11.4. The predicted molar refractivity (Wildman–Crippen MR) is 133 cm³/mol. The number of nitrogens with zero attached hydrogens (tertiary/aromatic N) is 5. The first-order chi connectivity index (χ1) is 17.7. The quantitative estimate of drug-likeness (QED) is 0.319. The Bertz CT molecular complexity index is 1460. The Labute approximate surface area is 211 Å². The number of alkyl halides is 3. The minimum Gasteiger partial charge on any atom is -0.489 e. The number of aromatic nitrogens is 4. The van der Waals surface area contributed by atoms with Crippen molar-refractivity contribution in [3.63, 3.8) is 0 Å². The van der Waals surface area contributed by atoms with Crippen LogP contribution in [0.4, 0.5) is 24.8 Å². The van der Waals surface area contributed by atoms with Gasteiger partial charge in [-0.1, -0.05) is 12.1 Å². The highest BCUT2D eigenvalue weighted by Gasteiger charge is 2.31. The largest absolute Gasteiger partial charge is 0.489 e. The third-order valence-corrected chi connectivity index (χ3v) is 6.38. The topological polar surface area (TPSA) is 83.3 Å². The van der Waals surface area contributed by atoms with E-state index in [1.807, 2.05) is 31.2 Å². The monoisotopic (exact) mass is 507 g/mol. The predicted octanol–water partition coefficient (Wildman–Crippen LogP) is 5.85. The molecule has 0 aliphatic carbocycles. The number of ether oxygens (including phenoxy) is 1. The molecule has 0 amide bonds. The Morgan fingerprint density at radius 3 is 2.68 bits per heavy atom. The molecule has 0 radical (unpaired) electrons. The van der Waals surface area contributed by atoms with Crippen LogP contribution in [0.2, 0.25) is 0 Å². The Balaban J connectivity index is 1.38. The molecule has 0 spiro atoms. The van der Waals surface area contributed by atoms with Crippen LogP contribution < -0.4 is 10.1 Å². The molecule has 4 heterocycles. The maximum absolute atomic E-state index is 13.3. The number of likely N-dealkylation sites (tertiary alicyclic amines) is 1. The minimum atomic E-state index is -4.54. The van der Waals surface area contributed by atoms with Crippen LogP contribution in [-0.4, -0.2) is 51.1 Å². The highest BCUT2D eigenvalue weighted by Crippen LogP contribution is 2.37. The summed E-state index contributed by atoms with van der Waals surface area (Å²) in [5.74, 6) is 1.06. The van der Waals surface area contributed by atoms with E-state index in [9.17, 15) is 13.2 Å². The van der Waals surface area contributed by atoms with E-state index in [4.69, 9.17) is 11.3 Å². The molecular weight excluding hydrogens is 483 g/mol. The number of hydrogen-bond acceptors (Lipinski definition) is 6. The van der Waals surface area contributed by atoms with Crippen LogP contribution in [0.5, 0.6) is 5.75 Å². The number of rotatable bonds is 6. The van der Waals surface area contributed by atoms with E-state index in [0.717, 1.165) is 43.1 Å². The van der Waals surface area contributed by atoms with Crippen molar-refractivity contribution in [1.29, 1.82) is 0 Å². The van der Waals surface area contributed by atoms with Crippen molar-refractivity contribution in [3.8, 4) is 17.0 Å². The second-order valence-electron chi connectivity index (χ2n) is 9.09. The number of hydrogen-bond donors (Lipinski definition) is 2. The van der Waals surface area contributed by atoms with Crippen LogP contribution in [0.25, 0.3) is 27.1 Å². The van der Waals surface area contributed by atoms with Crippen LogP contribution in [-0.2, 0) is 6.18 Å². The molecule has 0 unspecified atom stereocenters. The van der Waals surface area contributed by atoms with Crippen molar-refractivity contribution in [2.24, 2.45) is 0 Å².